The molecule has 0 unspecified atom stereocenters. The quantitative estimate of drug-likeness (QED) is 0.719. The molecule has 0 bridgehead atoms. The molecular formula is C23H32N6O2. The Bertz CT molecular complexity index is 922. The van der Waals surface area contributed by atoms with Crippen molar-refractivity contribution in [3.8, 4) is 5.75 Å². The molecule has 0 spiro atoms. The molecule has 1 aromatic heterocycles. The topological polar surface area (TPSA) is 65.0 Å². The van der Waals surface area contributed by atoms with E-state index < -0.39 is 0 Å². The van der Waals surface area contributed by atoms with Crippen LogP contribution in [0.15, 0.2) is 24.3 Å². The normalized spacial score (nSPS) is 16.8. The highest BCUT2D eigenvalue weighted by Gasteiger charge is 2.28. The Hall–Kier alpha value is -2.87. The fourth-order valence-electron chi connectivity index (χ4n) is 4.14. The summed E-state index contributed by atoms with van der Waals surface area (Å²) < 4.78 is 5.20. The van der Waals surface area contributed by atoms with E-state index in [1.165, 1.54) is 0 Å². The van der Waals surface area contributed by atoms with Crippen molar-refractivity contribution in [3.63, 3.8) is 0 Å². The molecule has 4 rings (SSSR count). The van der Waals surface area contributed by atoms with Crippen molar-refractivity contribution < 1.29 is 9.53 Å². The van der Waals surface area contributed by atoms with Gasteiger partial charge < -0.3 is 24.3 Å². The third kappa shape index (κ3) is 4.74. The lowest BCUT2D eigenvalue weighted by molar-refractivity contribution is -0.131. The van der Waals surface area contributed by atoms with Crippen LogP contribution >= 0.6 is 0 Å². The predicted molar refractivity (Wildman–Crippen MR) is 122 cm³/mol. The van der Waals surface area contributed by atoms with Crippen LogP contribution in [-0.4, -0.2) is 86.7 Å². The number of fused-ring (bicyclic) bond motifs is 1. The van der Waals surface area contributed by atoms with Crippen molar-refractivity contribution in [3.05, 3.63) is 41.1 Å². The first-order valence-electron chi connectivity index (χ1n) is 10.9. The van der Waals surface area contributed by atoms with E-state index in [-0.39, 0.29) is 5.91 Å². The minimum Gasteiger partial charge on any atom is -0.497 e. The van der Waals surface area contributed by atoms with Gasteiger partial charge in [0.25, 0.3) is 0 Å². The van der Waals surface area contributed by atoms with E-state index in [0.717, 1.165) is 66.9 Å². The molecule has 0 N–H and O–H groups in total. The number of ether oxygens (including phenoxy) is 1. The van der Waals surface area contributed by atoms with Gasteiger partial charge in [0.1, 0.15) is 11.6 Å². The van der Waals surface area contributed by atoms with Crippen molar-refractivity contribution >= 4 is 17.7 Å². The SMILES string of the molecule is COc1ccc(CC(=O)N2CCc3nc(N4CCN(C)CC4)nc(N(C)C)c3C2)cc1. The first-order chi connectivity index (χ1) is 14.9. The van der Waals surface area contributed by atoms with Gasteiger partial charge in [-0.25, -0.2) is 4.98 Å². The third-order valence-electron chi connectivity index (χ3n) is 6.10. The van der Waals surface area contributed by atoms with Crippen LogP contribution in [0.4, 0.5) is 11.8 Å². The zero-order chi connectivity index (χ0) is 22.0. The number of anilines is 2. The predicted octanol–water partition coefficient (Wildman–Crippen LogP) is 1.43. The lowest BCUT2D eigenvalue weighted by Crippen LogP contribution is -2.45. The monoisotopic (exact) mass is 424 g/mol. The fraction of sp³-hybridized carbons (Fsp3) is 0.522. The van der Waals surface area contributed by atoms with Crippen LogP contribution in [-0.2, 0) is 24.2 Å². The Labute approximate surface area is 184 Å². The number of amides is 1. The molecule has 0 atom stereocenters. The first-order valence-corrected chi connectivity index (χ1v) is 10.9. The summed E-state index contributed by atoms with van der Waals surface area (Å²) in [5.74, 6) is 2.66. The molecule has 2 aliphatic heterocycles. The Kier molecular flexibility index (Phi) is 6.27. The van der Waals surface area contributed by atoms with Gasteiger partial charge in [-0.05, 0) is 24.7 Å². The summed E-state index contributed by atoms with van der Waals surface area (Å²) in [6, 6.07) is 7.69. The Morgan fingerprint density at radius 3 is 2.42 bits per heavy atom. The molecule has 1 fully saturated rings. The average molecular weight is 425 g/mol. The zero-order valence-corrected chi connectivity index (χ0v) is 19.0. The van der Waals surface area contributed by atoms with E-state index in [9.17, 15) is 4.79 Å². The van der Waals surface area contributed by atoms with E-state index in [1.54, 1.807) is 7.11 Å². The number of carbonyl (C=O) groups is 1. The molecule has 0 aliphatic carbocycles. The summed E-state index contributed by atoms with van der Waals surface area (Å²) in [5.41, 5.74) is 3.13. The number of piperazine rings is 1. The number of hydrogen-bond acceptors (Lipinski definition) is 7. The molecule has 2 aliphatic rings. The van der Waals surface area contributed by atoms with Crippen LogP contribution in [0.1, 0.15) is 16.8 Å². The first kappa shape index (κ1) is 21.4. The van der Waals surface area contributed by atoms with E-state index in [0.29, 0.717) is 19.5 Å². The molecule has 166 valence electrons. The largest absolute Gasteiger partial charge is 0.497 e. The second-order valence-electron chi connectivity index (χ2n) is 8.55. The lowest BCUT2D eigenvalue weighted by Gasteiger charge is -2.35. The highest BCUT2D eigenvalue weighted by atomic mass is 16.5. The molecule has 1 aromatic carbocycles. The van der Waals surface area contributed by atoms with Gasteiger partial charge in [-0.2, -0.15) is 4.98 Å². The molecule has 1 amide bonds. The number of rotatable bonds is 5. The van der Waals surface area contributed by atoms with Gasteiger partial charge in [0.05, 0.1) is 25.8 Å². The van der Waals surface area contributed by atoms with Crippen molar-refractivity contribution in [2.24, 2.45) is 0 Å². The van der Waals surface area contributed by atoms with E-state index >= 15 is 0 Å². The minimum atomic E-state index is 0.128. The standard InChI is InChI=1S/C23H32N6O2/c1-26(2)22-19-16-29(21(30)15-17-5-7-18(31-4)8-6-17)10-9-20(19)24-23(25-22)28-13-11-27(3)12-14-28/h5-8H,9-16H2,1-4H3. The van der Waals surface area contributed by atoms with Crippen LogP contribution in [0.2, 0.25) is 0 Å². The molecule has 8 heteroatoms. The van der Waals surface area contributed by atoms with Gasteiger partial charge in [-0.15, -0.1) is 0 Å². The van der Waals surface area contributed by atoms with Gasteiger partial charge in [-0.3, -0.25) is 4.79 Å². The molecule has 2 aromatic rings. The summed E-state index contributed by atoms with van der Waals surface area (Å²) in [5, 5.41) is 0. The summed E-state index contributed by atoms with van der Waals surface area (Å²) in [6.07, 6.45) is 1.14. The van der Waals surface area contributed by atoms with Gasteiger partial charge >= 0.3 is 0 Å². The molecule has 0 saturated carbocycles. The van der Waals surface area contributed by atoms with Crippen molar-refractivity contribution in [1.29, 1.82) is 0 Å². The highest BCUT2D eigenvalue weighted by molar-refractivity contribution is 5.79. The maximum Gasteiger partial charge on any atom is 0.227 e. The second-order valence-corrected chi connectivity index (χ2v) is 8.55. The number of nitrogens with zero attached hydrogens (tertiary/aromatic N) is 6. The number of methoxy groups -OCH3 is 1. The molecule has 1 saturated heterocycles. The summed E-state index contributed by atoms with van der Waals surface area (Å²) in [6.45, 7) is 5.16. The van der Waals surface area contributed by atoms with Gasteiger partial charge in [-0.1, -0.05) is 12.1 Å². The highest BCUT2D eigenvalue weighted by Crippen LogP contribution is 2.28. The molecule has 0 radical (unpaired) electrons. The Balaban J connectivity index is 1.51. The number of carbonyl (C=O) groups excluding carboxylic acids is 1. The summed E-state index contributed by atoms with van der Waals surface area (Å²) in [4.78, 5) is 31.4. The Morgan fingerprint density at radius 2 is 1.77 bits per heavy atom. The third-order valence-corrected chi connectivity index (χ3v) is 6.10. The van der Waals surface area contributed by atoms with Crippen molar-refractivity contribution in [2.75, 3.05) is 70.8 Å². The minimum absolute atomic E-state index is 0.128. The van der Waals surface area contributed by atoms with Crippen LogP contribution in [0.5, 0.6) is 5.75 Å². The number of likely N-dealkylation sites (N-methyl/N-ethyl adjacent to an activating group) is 1. The Morgan fingerprint density at radius 1 is 1.06 bits per heavy atom. The van der Waals surface area contributed by atoms with Gasteiger partial charge in [0.15, 0.2) is 0 Å². The van der Waals surface area contributed by atoms with Crippen LogP contribution in [0.25, 0.3) is 0 Å². The number of hydrogen-bond donors (Lipinski definition) is 0. The van der Waals surface area contributed by atoms with E-state index in [1.807, 2.05) is 48.2 Å². The van der Waals surface area contributed by atoms with Crippen LogP contribution in [0.3, 0.4) is 0 Å². The molecular weight excluding hydrogens is 392 g/mol. The fourth-order valence-corrected chi connectivity index (χ4v) is 4.14. The van der Waals surface area contributed by atoms with E-state index in [2.05, 4.69) is 16.8 Å². The van der Waals surface area contributed by atoms with E-state index in [4.69, 9.17) is 14.7 Å². The maximum atomic E-state index is 13.0. The molecule has 31 heavy (non-hydrogen) atoms. The smallest absolute Gasteiger partial charge is 0.227 e. The van der Waals surface area contributed by atoms with Crippen LogP contribution < -0.4 is 14.5 Å². The second kappa shape index (κ2) is 9.09. The van der Waals surface area contributed by atoms with Crippen LogP contribution in [0, 0.1) is 0 Å². The van der Waals surface area contributed by atoms with Crippen molar-refractivity contribution in [2.45, 2.75) is 19.4 Å². The van der Waals surface area contributed by atoms with Gasteiger partial charge in [0, 0.05) is 58.8 Å². The van der Waals surface area contributed by atoms with Crippen molar-refractivity contribution in [1.82, 2.24) is 19.8 Å². The maximum absolute atomic E-state index is 13.0. The molecule has 8 nitrogen and oxygen atoms in total. The average Bonchev–Trinajstić information content (AvgIpc) is 2.78. The summed E-state index contributed by atoms with van der Waals surface area (Å²) >= 11 is 0. The number of aromatic nitrogens is 2. The lowest BCUT2D eigenvalue weighted by atomic mass is 10.0. The van der Waals surface area contributed by atoms with Gasteiger partial charge in [0.2, 0.25) is 11.9 Å². The zero-order valence-electron chi connectivity index (χ0n) is 19.0. The number of benzene rings is 1. The summed E-state index contributed by atoms with van der Waals surface area (Å²) in [7, 11) is 7.81. The molecule has 3 heterocycles.